The fourth-order valence-corrected chi connectivity index (χ4v) is 2.67. The van der Waals surface area contributed by atoms with Gasteiger partial charge in [0, 0.05) is 17.4 Å². The van der Waals surface area contributed by atoms with Gasteiger partial charge in [0.2, 0.25) is 11.8 Å². The molecule has 6 nitrogen and oxygen atoms in total. The number of carbonyl (C=O) groups excluding carboxylic acids is 2. The summed E-state index contributed by atoms with van der Waals surface area (Å²) in [4.78, 5) is 24.6. The topological polar surface area (TPSA) is 84.2 Å². The van der Waals surface area contributed by atoms with E-state index in [-0.39, 0.29) is 18.4 Å². The largest absolute Gasteiger partial charge is 0.360 e. The predicted molar refractivity (Wildman–Crippen MR) is 84.8 cm³/mol. The van der Waals surface area contributed by atoms with Crippen LogP contribution in [0.25, 0.3) is 0 Å². The molecular formula is C15H19N3O3S. The minimum Gasteiger partial charge on any atom is -0.360 e. The second kappa shape index (κ2) is 8.33. The van der Waals surface area contributed by atoms with Crippen molar-refractivity contribution in [3.05, 3.63) is 34.2 Å². The van der Waals surface area contributed by atoms with E-state index in [4.69, 9.17) is 4.52 Å². The number of nitrogens with zero attached hydrogens (tertiary/aromatic N) is 1. The van der Waals surface area contributed by atoms with Crippen molar-refractivity contribution in [2.45, 2.75) is 32.6 Å². The summed E-state index contributed by atoms with van der Waals surface area (Å²) in [6, 6.07) is 5.74. The number of anilines is 1. The van der Waals surface area contributed by atoms with Crippen molar-refractivity contribution in [3.8, 4) is 0 Å². The maximum absolute atomic E-state index is 11.6. The van der Waals surface area contributed by atoms with E-state index in [1.165, 1.54) is 4.88 Å². The van der Waals surface area contributed by atoms with Gasteiger partial charge >= 0.3 is 0 Å². The quantitative estimate of drug-likeness (QED) is 0.732. The molecule has 2 heterocycles. The van der Waals surface area contributed by atoms with Gasteiger partial charge in [0.15, 0.2) is 5.82 Å². The lowest BCUT2D eigenvalue weighted by Crippen LogP contribution is -2.32. The van der Waals surface area contributed by atoms with Gasteiger partial charge in [-0.1, -0.05) is 11.2 Å². The zero-order valence-electron chi connectivity index (χ0n) is 12.4. The summed E-state index contributed by atoms with van der Waals surface area (Å²) in [6.45, 7) is 1.68. The number of nitrogens with one attached hydrogen (secondary N) is 2. The summed E-state index contributed by atoms with van der Waals surface area (Å²) >= 11 is 1.73. The van der Waals surface area contributed by atoms with E-state index in [0.717, 1.165) is 19.3 Å². The first-order valence-electron chi connectivity index (χ1n) is 7.16. The van der Waals surface area contributed by atoms with Crippen molar-refractivity contribution in [1.82, 2.24) is 10.5 Å². The van der Waals surface area contributed by atoms with Crippen LogP contribution in [0.1, 0.15) is 29.9 Å². The molecule has 0 radical (unpaired) electrons. The van der Waals surface area contributed by atoms with Crippen molar-refractivity contribution >= 4 is 29.0 Å². The highest BCUT2D eigenvalue weighted by atomic mass is 32.1. The highest BCUT2D eigenvalue weighted by Crippen LogP contribution is 2.12. The second-order valence-electron chi connectivity index (χ2n) is 4.93. The number of hydrogen-bond donors (Lipinski definition) is 2. The number of rotatable bonds is 8. The predicted octanol–water partition coefficient (Wildman–Crippen LogP) is 2.51. The number of aromatic nitrogens is 1. The zero-order valence-corrected chi connectivity index (χ0v) is 13.2. The highest BCUT2D eigenvalue weighted by molar-refractivity contribution is 7.09. The summed E-state index contributed by atoms with van der Waals surface area (Å²) < 4.78 is 4.84. The molecule has 0 fully saturated rings. The number of carbonyl (C=O) groups is 2. The summed E-state index contributed by atoms with van der Waals surface area (Å²) in [6.07, 6.45) is 3.21. The molecule has 118 valence electrons. The molecule has 0 aliphatic heterocycles. The molecule has 0 aliphatic rings. The third-order valence-electron chi connectivity index (χ3n) is 3.00. The normalized spacial score (nSPS) is 10.4. The monoisotopic (exact) mass is 321 g/mol. The maximum atomic E-state index is 11.6. The van der Waals surface area contributed by atoms with Gasteiger partial charge in [0.05, 0.1) is 6.54 Å². The van der Waals surface area contributed by atoms with Crippen molar-refractivity contribution in [2.24, 2.45) is 0 Å². The van der Waals surface area contributed by atoms with Crippen LogP contribution in [0.5, 0.6) is 0 Å². The summed E-state index contributed by atoms with van der Waals surface area (Å²) in [7, 11) is 0. The number of unbranched alkanes of at least 4 members (excludes halogenated alkanes) is 1. The van der Waals surface area contributed by atoms with Gasteiger partial charge in [-0.25, -0.2) is 0 Å². The molecular weight excluding hydrogens is 302 g/mol. The third kappa shape index (κ3) is 5.69. The van der Waals surface area contributed by atoms with Crippen LogP contribution in [-0.2, 0) is 16.0 Å². The van der Waals surface area contributed by atoms with Crippen LogP contribution in [0.15, 0.2) is 28.1 Å². The highest BCUT2D eigenvalue weighted by Gasteiger charge is 2.08. The van der Waals surface area contributed by atoms with Crippen molar-refractivity contribution in [2.75, 3.05) is 11.9 Å². The van der Waals surface area contributed by atoms with E-state index >= 15 is 0 Å². The van der Waals surface area contributed by atoms with Gasteiger partial charge in [0.1, 0.15) is 5.76 Å². The Hall–Kier alpha value is -2.15. The molecule has 2 aromatic rings. The Labute approximate surface area is 132 Å². The number of thiophene rings is 1. The first kappa shape index (κ1) is 16.2. The van der Waals surface area contributed by atoms with Crippen LogP contribution in [0.3, 0.4) is 0 Å². The molecule has 0 atom stereocenters. The minimum atomic E-state index is -0.319. The Morgan fingerprint density at radius 1 is 1.32 bits per heavy atom. The Balaban J connectivity index is 1.56. The van der Waals surface area contributed by atoms with E-state index in [0.29, 0.717) is 18.0 Å². The SMILES string of the molecule is Cc1cc(NC(=O)CNC(=O)CCCCc2cccs2)no1. The van der Waals surface area contributed by atoms with E-state index in [1.807, 2.05) is 6.07 Å². The lowest BCUT2D eigenvalue weighted by atomic mass is 10.1. The molecule has 22 heavy (non-hydrogen) atoms. The van der Waals surface area contributed by atoms with Crippen LogP contribution in [0.4, 0.5) is 5.82 Å². The van der Waals surface area contributed by atoms with Crippen LogP contribution in [0, 0.1) is 6.92 Å². The summed E-state index contributed by atoms with van der Waals surface area (Å²) in [5, 5.41) is 10.8. The second-order valence-corrected chi connectivity index (χ2v) is 5.97. The summed E-state index contributed by atoms with van der Waals surface area (Å²) in [5.41, 5.74) is 0. The Morgan fingerprint density at radius 2 is 2.18 bits per heavy atom. The molecule has 0 bridgehead atoms. The lowest BCUT2D eigenvalue weighted by molar-refractivity contribution is -0.124. The maximum Gasteiger partial charge on any atom is 0.245 e. The molecule has 0 spiro atoms. The van der Waals surface area contributed by atoms with Gasteiger partial charge in [-0.3, -0.25) is 9.59 Å². The first-order chi connectivity index (χ1) is 10.6. The molecule has 0 unspecified atom stereocenters. The van der Waals surface area contributed by atoms with Gasteiger partial charge in [-0.15, -0.1) is 11.3 Å². The van der Waals surface area contributed by atoms with Crippen LogP contribution in [-0.4, -0.2) is 23.5 Å². The Kier molecular flexibility index (Phi) is 6.14. The molecule has 7 heteroatoms. The van der Waals surface area contributed by atoms with E-state index in [9.17, 15) is 9.59 Å². The van der Waals surface area contributed by atoms with Gasteiger partial charge in [0.25, 0.3) is 0 Å². The van der Waals surface area contributed by atoms with Crippen LogP contribution >= 0.6 is 11.3 Å². The average molecular weight is 321 g/mol. The molecule has 0 aliphatic carbocycles. The zero-order chi connectivity index (χ0) is 15.8. The molecule has 2 amide bonds. The summed E-state index contributed by atoms with van der Waals surface area (Å²) in [5.74, 6) is 0.538. The molecule has 0 saturated carbocycles. The van der Waals surface area contributed by atoms with Crippen LogP contribution < -0.4 is 10.6 Å². The lowest BCUT2D eigenvalue weighted by Gasteiger charge is -2.04. The number of aryl methyl sites for hydroxylation is 2. The smallest absolute Gasteiger partial charge is 0.245 e. The number of amides is 2. The first-order valence-corrected chi connectivity index (χ1v) is 8.03. The van der Waals surface area contributed by atoms with E-state index in [2.05, 4.69) is 27.2 Å². The fourth-order valence-electron chi connectivity index (χ4n) is 1.92. The number of hydrogen-bond acceptors (Lipinski definition) is 5. The third-order valence-corrected chi connectivity index (χ3v) is 3.93. The van der Waals surface area contributed by atoms with Gasteiger partial charge in [-0.05, 0) is 37.6 Å². The van der Waals surface area contributed by atoms with Gasteiger partial charge < -0.3 is 15.2 Å². The molecule has 2 N–H and O–H groups in total. The molecule has 0 aromatic carbocycles. The van der Waals surface area contributed by atoms with Crippen molar-refractivity contribution in [1.29, 1.82) is 0 Å². The standard InChI is InChI=1S/C15H19N3O3S/c1-11-9-13(18-21-11)17-15(20)10-16-14(19)7-3-2-5-12-6-4-8-22-12/h4,6,8-9H,2-3,5,7,10H2,1H3,(H,16,19)(H,17,18,20). The average Bonchev–Trinajstić information content (AvgIpc) is 3.13. The van der Waals surface area contributed by atoms with Crippen LogP contribution in [0.2, 0.25) is 0 Å². The Morgan fingerprint density at radius 3 is 2.86 bits per heavy atom. The van der Waals surface area contributed by atoms with E-state index < -0.39 is 0 Å². The van der Waals surface area contributed by atoms with Crippen molar-refractivity contribution in [3.63, 3.8) is 0 Å². The molecule has 0 saturated heterocycles. The molecule has 2 rings (SSSR count). The van der Waals surface area contributed by atoms with E-state index in [1.54, 1.807) is 24.3 Å². The fraction of sp³-hybridized carbons (Fsp3) is 0.400. The minimum absolute atomic E-state index is 0.0599. The molecule has 2 aromatic heterocycles. The van der Waals surface area contributed by atoms with Crippen molar-refractivity contribution < 1.29 is 14.1 Å². The Bertz CT molecular complexity index is 607. The van der Waals surface area contributed by atoms with Gasteiger partial charge in [-0.2, -0.15) is 0 Å².